The molecule has 0 spiro atoms. The first kappa shape index (κ1) is 95.7. The molecule has 0 saturated carbocycles. The van der Waals surface area contributed by atoms with E-state index in [1.54, 1.807) is 45.7 Å². The zero-order chi connectivity index (χ0) is 89.8. The molecule has 30 heteroatoms. The largest absolute Gasteiger partial charge is 0.504 e. The Balaban J connectivity index is 0.000000214. The summed E-state index contributed by atoms with van der Waals surface area (Å²) in [6, 6.07) is 47.2. The van der Waals surface area contributed by atoms with Crippen molar-refractivity contribution in [1.82, 2.24) is 14.7 Å². The third-order valence-corrected chi connectivity index (χ3v) is 29.8. The summed E-state index contributed by atoms with van der Waals surface area (Å²) in [7, 11) is 2.32. The van der Waals surface area contributed by atoms with E-state index in [2.05, 4.69) is 123 Å². The normalized spacial score (nSPS) is 16.5. The van der Waals surface area contributed by atoms with Crippen molar-refractivity contribution >= 4 is 116 Å². The maximum absolute atomic E-state index is 14.1. The second-order valence-electron chi connectivity index (χ2n) is 33.1. The van der Waals surface area contributed by atoms with Gasteiger partial charge < -0.3 is 77.0 Å². The van der Waals surface area contributed by atoms with E-state index >= 15 is 0 Å². The minimum atomic E-state index is -3.51. The summed E-state index contributed by atoms with van der Waals surface area (Å²) in [5.41, 5.74) is 16.9. The van der Waals surface area contributed by atoms with Crippen molar-refractivity contribution < 1.29 is 79.5 Å². The molecule has 6 aliphatic heterocycles. The molecule has 2 unspecified atom stereocenters. The van der Waals surface area contributed by atoms with Gasteiger partial charge in [0.1, 0.15) is 19.0 Å². The van der Waals surface area contributed by atoms with Crippen LogP contribution in [0, 0.1) is 6.92 Å². The quantitative estimate of drug-likeness (QED) is 0.0278. The van der Waals surface area contributed by atoms with Crippen molar-refractivity contribution in [2.24, 2.45) is 15.0 Å². The molecular weight excluding hydrogens is 1700 g/mol. The molecule has 5 atom stereocenters. The second-order valence-corrected chi connectivity index (χ2v) is 41.7. The van der Waals surface area contributed by atoms with Gasteiger partial charge in [0.15, 0.2) is 23.0 Å². The molecule has 1 N–H and O–H groups in total. The number of phenolic OH excluding ortho intramolecular Hbond substituents is 1. The Labute approximate surface area is 756 Å². The number of aromatic hydroxyl groups is 1. The smallest absolute Gasteiger partial charge is 0.264 e. The lowest BCUT2D eigenvalue weighted by atomic mass is 9.94. The third kappa shape index (κ3) is 25.1. The Morgan fingerprint density at radius 3 is 1.22 bits per heavy atom. The fourth-order valence-corrected chi connectivity index (χ4v) is 17.0. The van der Waals surface area contributed by atoms with Crippen molar-refractivity contribution in [3.05, 3.63) is 223 Å². The number of carbonyl (C=O) groups is 3. The molecule has 0 aromatic heterocycles. The first-order chi connectivity index (χ1) is 60.5. The number of phenols is 1. The van der Waals surface area contributed by atoms with Crippen LogP contribution >= 0.6 is 0 Å². The number of methoxy groups -OCH3 is 4. The van der Waals surface area contributed by atoms with Crippen LogP contribution in [-0.2, 0) is 149 Å². The van der Waals surface area contributed by atoms with Gasteiger partial charge in [-0.2, -0.15) is 8.42 Å². The molecule has 6 aliphatic rings. The lowest BCUT2D eigenvalue weighted by Gasteiger charge is -2.35. The SMILES string of the molecule is CCc1cc(COS(C)(=O)=O)cc(N(CCOCCOCCOC)CC(C)(C)S(C)=S)c1.COCCOCCOCCN(CC(C)(C)S(C)=S)c1cc(COc2cc3c(cc2C)C(=O)N2Cc4ccccc4C[C@H]2C=N3)cc(COc2cc3c(cc2OC)C(=O)N2Cc4ccccc4C[C@H]2C=N3)c1.COc1cc2c(cc1O)N=C[C@@H]1Cc3ccccc3CN1C2=O. The highest BCUT2D eigenvalue weighted by molar-refractivity contribution is 8.29. The van der Waals surface area contributed by atoms with Gasteiger partial charge in [-0.1, -0.05) is 108 Å². The van der Waals surface area contributed by atoms with Gasteiger partial charge >= 0.3 is 0 Å². The van der Waals surface area contributed by atoms with Crippen molar-refractivity contribution in [3.8, 4) is 28.7 Å². The standard InChI is InChI=1S/C56H63N5O8S2.C22H39NO6S3.C18H16N2O3/c1-37-21-47-49(57-30-45-25-40-11-7-9-13-42(40)32-60(45)54(47)62)28-51(37)68-34-38-22-39(24-44(23-38)59(36-56(2,3)71(6)70)15-16-66-19-20-67-18-17-64-4)35-69-53-29-50-48(27-52(53)65-5)55(63)61-33-43-14-10-8-12-41(43)26-46(61)31-58-50;1-7-19-14-20(17-29-32(6,24)25)16-21(15-19)23(18-22(2,3)31(5)30)8-9-27-12-13-28-11-10-26-4;1-23-17-7-14-15(8-16(17)21)19-9-13-6-11-4-2-3-5-12(11)10-20(13)18(14)22/h7-14,21-24,27-31,45-46H,15-20,25-26,32-36H2,1-6H3;14-16H,7-13,17-18H2,1-6H3;2-5,7-9,13,21H,6,10H2,1H3/t45-,46-,71?;;13-/m0.0/s1. The first-order valence-corrected chi connectivity index (χ1v) is 49.3. The second kappa shape index (κ2) is 44.5. The first-order valence-electron chi connectivity index (χ1n) is 42.4. The number of carbonyl (C=O) groups excluding carboxylic acids is 3. The topological polar surface area (TPSA) is 260 Å². The van der Waals surface area contributed by atoms with E-state index in [0.29, 0.717) is 163 Å². The molecule has 8 aromatic carbocycles. The maximum atomic E-state index is 14.1. The summed E-state index contributed by atoms with van der Waals surface area (Å²) >= 11 is 11.5. The third-order valence-electron chi connectivity index (χ3n) is 23.1. The van der Waals surface area contributed by atoms with E-state index in [0.717, 1.165) is 76.8 Å². The molecule has 3 amide bonds. The van der Waals surface area contributed by atoms with E-state index < -0.39 is 10.1 Å². The van der Waals surface area contributed by atoms with Gasteiger partial charge in [0.25, 0.3) is 27.8 Å². The molecule has 25 nitrogen and oxygen atoms in total. The van der Waals surface area contributed by atoms with Crippen molar-refractivity contribution in [2.75, 3.05) is 149 Å². The zero-order valence-corrected chi connectivity index (χ0v) is 78.5. The summed E-state index contributed by atoms with van der Waals surface area (Å²) in [5, 5.41) is 9.92. The van der Waals surface area contributed by atoms with E-state index in [9.17, 15) is 27.9 Å². The summed E-state index contributed by atoms with van der Waals surface area (Å²) in [5.74, 6) is 1.61. The molecule has 0 saturated heterocycles. The van der Waals surface area contributed by atoms with Gasteiger partial charge in [-0.05, 0) is 183 Å². The maximum Gasteiger partial charge on any atom is 0.264 e. The molecule has 126 heavy (non-hydrogen) atoms. The van der Waals surface area contributed by atoms with Crippen molar-refractivity contribution in [2.45, 2.75) is 134 Å². The van der Waals surface area contributed by atoms with Crippen LogP contribution in [0.15, 0.2) is 161 Å². The summed E-state index contributed by atoms with van der Waals surface area (Å²) in [6.45, 7) is 22.8. The Bertz CT molecular complexity index is 5440. The van der Waals surface area contributed by atoms with E-state index in [-0.39, 0.29) is 95.6 Å². The number of benzene rings is 8. The number of nitrogens with zero attached hydrogens (tertiary/aromatic N) is 8. The Kier molecular flexibility index (Phi) is 33.8. The highest BCUT2D eigenvalue weighted by atomic mass is 32.8. The Hall–Kier alpha value is -9.41. The van der Waals surface area contributed by atoms with Crippen LogP contribution in [0.1, 0.15) is 127 Å². The summed E-state index contributed by atoms with van der Waals surface area (Å²) in [4.78, 5) is 65.6. The Morgan fingerprint density at radius 2 is 0.817 bits per heavy atom. The molecule has 0 aliphatic carbocycles. The number of hydrogen-bond donors (Lipinski definition) is 1. The summed E-state index contributed by atoms with van der Waals surface area (Å²) in [6.07, 6.45) is 13.8. The average Bonchev–Trinajstić information content (AvgIpc) is 1.60. The van der Waals surface area contributed by atoms with E-state index in [1.165, 1.54) is 41.0 Å². The van der Waals surface area contributed by atoms with Crippen LogP contribution in [0.5, 0.6) is 28.7 Å². The summed E-state index contributed by atoms with van der Waals surface area (Å²) < 4.78 is 85.0. The van der Waals surface area contributed by atoms with Gasteiger partial charge in [-0.15, -0.1) is 18.9 Å². The van der Waals surface area contributed by atoms with Crippen LogP contribution in [-0.4, -0.2) is 232 Å². The molecule has 6 heterocycles. The fourth-order valence-electron chi connectivity index (χ4n) is 15.7. The monoisotopic (exact) mass is 1810 g/mol. The average molecular weight is 1820 g/mol. The highest BCUT2D eigenvalue weighted by Crippen LogP contribution is 2.42. The number of aryl methyl sites for hydroxylation is 2. The molecule has 0 bridgehead atoms. The van der Waals surface area contributed by atoms with Gasteiger partial charge in [0.05, 0.1) is 145 Å². The lowest BCUT2D eigenvalue weighted by Crippen LogP contribution is -2.44. The predicted octanol–water partition coefficient (Wildman–Crippen LogP) is 14.1. The molecule has 14 rings (SSSR count). The van der Waals surface area contributed by atoms with Gasteiger partial charge in [0.2, 0.25) is 0 Å². The van der Waals surface area contributed by atoms with Gasteiger partial charge in [-0.3, -0.25) is 33.5 Å². The van der Waals surface area contributed by atoms with Crippen LogP contribution in [0.4, 0.5) is 28.4 Å². The number of ether oxygens (including phenoxy) is 10. The lowest BCUT2D eigenvalue weighted by molar-refractivity contribution is 0.0264. The molecular formula is C96H118N8O17S5. The van der Waals surface area contributed by atoms with Gasteiger partial charge in [0, 0.05) is 118 Å². The van der Waals surface area contributed by atoms with Crippen LogP contribution in [0.3, 0.4) is 0 Å². The van der Waals surface area contributed by atoms with Crippen LogP contribution in [0.25, 0.3) is 0 Å². The van der Waals surface area contributed by atoms with E-state index in [4.69, 9.17) is 83.9 Å². The number of rotatable bonds is 38. The van der Waals surface area contributed by atoms with Gasteiger partial charge in [-0.25, -0.2) is 0 Å². The fraction of sp³-hybridized carbons (Fsp3) is 0.438. The Morgan fingerprint density at radius 1 is 0.460 bits per heavy atom. The van der Waals surface area contributed by atoms with Crippen LogP contribution < -0.4 is 28.7 Å². The molecule has 0 radical (unpaired) electrons. The minimum Gasteiger partial charge on any atom is -0.504 e. The number of hydrogen-bond acceptors (Lipinski definition) is 24. The van der Waals surface area contributed by atoms with Crippen LogP contribution in [0.2, 0.25) is 0 Å². The number of aliphatic imine (C=N–C) groups is 3. The molecule has 8 aromatic rings. The zero-order valence-electron chi connectivity index (χ0n) is 74.4. The number of fused-ring (bicyclic) bond motifs is 9. The molecule has 0 fully saturated rings. The van der Waals surface area contributed by atoms with E-state index in [1.807, 2.05) is 94.7 Å². The highest BCUT2D eigenvalue weighted by Gasteiger charge is 2.38. The predicted molar refractivity (Wildman–Crippen MR) is 506 cm³/mol. The minimum absolute atomic E-state index is 0.0145. The molecule has 674 valence electrons. The van der Waals surface area contributed by atoms with Crippen molar-refractivity contribution in [3.63, 3.8) is 0 Å². The van der Waals surface area contributed by atoms with Crippen molar-refractivity contribution in [1.29, 1.82) is 0 Å². The number of anilines is 2. The number of amides is 3.